The van der Waals surface area contributed by atoms with Gasteiger partial charge in [-0.05, 0) is 44.1 Å². The average Bonchev–Trinajstić information content (AvgIpc) is 2.65. The zero-order valence-electron chi connectivity index (χ0n) is 14.6. The summed E-state index contributed by atoms with van der Waals surface area (Å²) < 4.78 is 0. The van der Waals surface area contributed by atoms with Gasteiger partial charge >= 0.3 is 5.69 Å². The van der Waals surface area contributed by atoms with Crippen LogP contribution in [0.25, 0.3) is 0 Å². The van der Waals surface area contributed by atoms with E-state index in [-0.39, 0.29) is 17.3 Å². The molecule has 1 aliphatic heterocycles. The maximum atomic E-state index is 11.6. The fraction of sp³-hybridized carbons (Fsp3) is 0.412. The first-order valence-corrected chi connectivity index (χ1v) is 9.48. The number of likely N-dealkylation sites (tertiary alicyclic amines) is 1. The van der Waals surface area contributed by atoms with Crippen molar-refractivity contribution < 1.29 is 4.92 Å². The number of aromatic nitrogens is 2. The first-order chi connectivity index (χ1) is 13.0. The molecular formula is C17H20Cl2N6O2. The van der Waals surface area contributed by atoms with Crippen molar-refractivity contribution >= 4 is 46.2 Å². The second-order valence-corrected chi connectivity index (χ2v) is 7.07. The normalized spacial score (nSPS) is 14.7. The molecule has 1 aromatic carbocycles. The van der Waals surface area contributed by atoms with Gasteiger partial charge in [-0.15, -0.1) is 0 Å². The lowest BCUT2D eigenvalue weighted by atomic mass is 10.1. The van der Waals surface area contributed by atoms with E-state index >= 15 is 0 Å². The van der Waals surface area contributed by atoms with Crippen LogP contribution in [0.1, 0.15) is 19.3 Å². The van der Waals surface area contributed by atoms with Gasteiger partial charge in [0, 0.05) is 18.8 Å². The fourth-order valence-electron chi connectivity index (χ4n) is 3.00. The van der Waals surface area contributed by atoms with Crippen LogP contribution in [-0.4, -0.2) is 46.0 Å². The Morgan fingerprint density at radius 1 is 1.11 bits per heavy atom. The Morgan fingerprint density at radius 3 is 2.56 bits per heavy atom. The second kappa shape index (κ2) is 9.16. The van der Waals surface area contributed by atoms with E-state index < -0.39 is 4.92 Å². The summed E-state index contributed by atoms with van der Waals surface area (Å²) in [4.78, 5) is 21.5. The summed E-state index contributed by atoms with van der Waals surface area (Å²) in [5.41, 5.74) is 0.340. The van der Waals surface area contributed by atoms with Gasteiger partial charge in [0.1, 0.15) is 6.33 Å². The van der Waals surface area contributed by atoms with Crippen molar-refractivity contribution in [3.8, 4) is 0 Å². The van der Waals surface area contributed by atoms with Crippen molar-refractivity contribution in [1.29, 1.82) is 0 Å². The van der Waals surface area contributed by atoms with Gasteiger partial charge in [0.15, 0.2) is 0 Å². The van der Waals surface area contributed by atoms with Crippen LogP contribution in [0, 0.1) is 10.1 Å². The molecule has 10 heteroatoms. The van der Waals surface area contributed by atoms with Crippen LogP contribution < -0.4 is 10.6 Å². The number of anilines is 3. The lowest BCUT2D eigenvalue weighted by Gasteiger charge is -2.26. The molecule has 8 nitrogen and oxygen atoms in total. The summed E-state index contributed by atoms with van der Waals surface area (Å²) in [5, 5.41) is 18.3. The van der Waals surface area contributed by atoms with Crippen molar-refractivity contribution in [2.45, 2.75) is 19.3 Å². The maximum absolute atomic E-state index is 11.6. The van der Waals surface area contributed by atoms with E-state index in [0.29, 0.717) is 22.3 Å². The minimum Gasteiger partial charge on any atom is -0.363 e. The Bertz CT molecular complexity index is 814. The van der Waals surface area contributed by atoms with Crippen LogP contribution in [0.2, 0.25) is 10.0 Å². The molecule has 27 heavy (non-hydrogen) atoms. The zero-order valence-corrected chi connectivity index (χ0v) is 16.1. The number of benzene rings is 1. The molecule has 144 valence electrons. The van der Waals surface area contributed by atoms with Gasteiger partial charge in [-0.2, -0.15) is 0 Å². The molecule has 1 aromatic heterocycles. The quantitative estimate of drug-likeness (QED) is 0.517. The number of rotatable bonds is 7. The molecule has 0 radical (unpaired) electrons. The highest BCUT2D eigenvalue weighted by Crippen LogP contribution is 2.33. The summed E-state index contributed by atoms with van der Waals surface area (Å²) >= 11 is 11.9. The topological polar surface area (TPSA) is 96.2 Å². The Hall–Kier alpha value is -2.16. The molecule has 1 saturated heterocycles. The number of piperidine rings is 1. The van der Waals surface area contributed by atoms with Crippen molar-refractivity contribution in [2.24, 2.45) is 0 Å². The number of nitrogens with zero attached hydrogens (tertiary/aromatic N) is 4. The van der Waals surface area contributed by atoms with Gasteiger partial charge in [0.25, 0.3) is 0 Å². The molecule has 0 bridgehead atoms. The highest BCUT2D eigenvalue weighted by molar-refractivity contribution is 6.42. The van der Waals surface area contributed by atoms with Crippen LogP contribution in [0.4, 0.5) is 23.0 Å². The minimum absolute atomic E-state index is 0.0915. The largest absolute Gasteiger partial charge is 0.363 e. The molecule has 1 aliphatic rings. The number of hydrogen-bond donors (Lipinski definition) is 2. The predicted molar refractivity (Wildman–Crippen MR) is 107 cm³/mol. The van der Waals surface area contributed by atoms with Crippen molar-refractivity contribution in [3.05, 3.63) is 44.7 Å². The van der Waals surface area contributed by atoms with E-state index in [1.165, 1.54) is 25.6 Å². The first-order valence-electron chi connectivity index (χ1n) is 8.72. The molecule has 0 unspecified atom stereocenters. The zero-order chi connectivity index (χ0) is 19.2. The summed E-state index contributed by atoms with van der Waals surface area (Å²) in [7, 11) is 0. The summed E-state index contributed by atoms with van der Waals surface area (Å²) in [6.07, 6.45) is 4.96. The van der Waals surface area contributed by atoms with Gasteiger partial charge in [0.05, 0.1) is 15.0 Å². The molecule has 0 saturated carbocycles. The summed E-state index contributed by atoms with van der Waals surface area (Å²) in [6, 6.07) is 4.86. The van der Waals surface area contributed by atoms with E-state index in [1.807, 2.05) is 0 Å². The number of nitro groups is 1. The van der Waals surface area contributed by atoms with E-state index in [0.717, 1.165) is 19.6 Å². The lowest BCUT2D eigenvalue weighted by molar-refractivity contribution is -0.383. The smallest absolute Gasteiger partial charge is 0.353 e. The van der Waals surface area contributed by atoms with Crippen molar-refractivity contribution in [3.63, 3.8) is 0 Å². The number of nitrogens with one attached hydrogen (secondary N) is 2. The Kier molecular flexibility index (Phi) is 6.65. The average molecular weight is 411 g/mol. The van der Waals surface area contributed by atoms with Crippen LogP contribution in [-0.2, 0) is 0 Å². The number of hydrogen-bond acceptors (Lipinski definition) is 7. The van der Waals surface area contributed by atoms with Crippen molar-refractivity contribution in [2.75, 3.05) is 36.8 Å². The summed E-state index contributed by atoms with van der Waals surface area (Å²) in [6.45, 7) is 3.52. The number of halogens is 2. The molecule has 0 aliphatic carbocycles. The summed E-state index contributed by atoms with van der Waals surface area (Å²) in [5.74, 6) is 0.281. The molecule has 0 spiro atoms. The van der Waals surface area contributed by atoms with Crippen LogP contribution in [0.5, 0.6) is 0 Å². The van der Waals surface area contributed by atoms with Crippen LogP contribution >= 0.6 is 23.2 Å². The molecule has 0 amide bonds. The molecular weight excluding hydrogens is 391 g/mol. The van der Waals surface area contributed by atoms with Crippen molar-refractivity contribution in [1.82, 2.24) is 14.9 Å². The highest BCUT2D eigenvalue weighted by Gasteiger charge is 2.23. The Labute approximate surface area is 167 Å². The molecule has 2 heterocycles. The maximum Gasteiger partial charge on any atom is 0.353 e. The molecule has 0 atom stereocenters. The lowest BCUT2D eigenvalue weighted by Crippen LogP contribution is -2.33. The second-order valence-electron chi connectivity index (χ2n) is 6.26. The monoisotopic (exact) mass is 410 g/mol. The SMILES string of the molecule is O=[N+]([O-])c1c(NCCN2CCCCC2)ncnc1Nc1ccc(Cl)c(Cl)c1. The Morgan fingerprint density at radius 2 is 1.85 bits per heavy atom. The third kappa shape index (κ3) is 5.18. The van der Waals surface area contributed by atoms with Gasteiger partial charge in [-0.3, -0.25) is 10.1 Å². The fourth-order valence-corrected chi connectivity index (χ4v) is 3.30. The van der Waals surface area contributed by atoms with E-state index in [4.69, 9.17) is 23.2 Å². The Balaban J connectivity index is 1.73. The third-order valence-electron chi connectivity index (χ3n) is 4.36. The van der Waals surface area contributed by atoms with Gasteiger partial charge in [-0.25, -0.2) is 9.97 Å². The van der Waals surface area contributed by atoms with E-state index in [1.54, 1.807) is 18.2 Å². The van der Waals surface area contributed by atoms with E-state index in [2.05, 4.69) is 25.5 Å². The standard InChI is InChI=1S/C17H20Cl2N6O2/c18-13-5-4-12(10-14(13)19)23-17-15(25(26)27)16(21-11-22-17)20-6-9-24-7-2-1-3-8-24/h4-5,10-11H,1-3,6-9H2,(H2,20,21,22,23). The highest BCUT2D eigenvalue weighted by atomic mass is 35.5. The molecule has 2 aromatic rings. The first kappa shape index (κ1) is 19.6. The molecule has 1 fully saturated rings. The minimum atomic E-state index is -0.497. The predicted octanol–water partition coefficient (Wildman–Crippen LogP) is 4.33. The van der Waals surface area contributed by atoms with Gasteiger partial charge in [-0.1, -0.05) is 29.6 Å². The molecule has 2 N–H and O–H groups in total. The van der Waals surface area contributed by atoms with Crippen LogP contribution in [0.15, 0.2) is 24.5 Å². The third-order valence-corrected chi connectivity index (χ3v) is 5.10. The van der Waals surface area contributed by atoms with Crippen LogP contribution in [0.3, 0.4) is 0 Å². The molecule has 3 rings (SSSR count). The van der Waals surface area contributed by atoms with Gasteiger partial charge in [0.2, 0.25) is 11.6 Å². The van der Waals surface area contributed by atoms with E-state index in [9.17, 15) is 10.1 Å². The van der Waals surface area contributed by atoms with Gasteiger partial charge < -0.3 is 15.5 Å².